The zero-order chi connectivity index (χ0) is 12.6. The number of carboxylic acid groups (broad SMARTS) is 1. The third-order valence-electron chi connectivity index (χ3n) is 2.32. The van der Waals surface area contributed by atoms with Crippen LogP contribution in [0.2, 0.25) is 0 Å². The molecule has 16 heavy (non-hydrogen) atoms. The summed E-state index contributed by atoms with van der Waals surface area (Å²) in [4.78, 5) is 22.2. The van der Waals surface area contributed by atoms with Crippen LogP contribution in [0.25, 0.3) is 0 Å². The van der Waals surface area contributed by atoms with E-state index in [1.807, 2.05) is 6.92 Å². The molecule has 0 aromatic heterocycles. The molecule has 0 saturated heterocycles. The fourth-order valence-electron chi connectivity index (χ4n) is 1.12. The quantitative estimate of drug-likeness (QED) is 0.463. The monoisotopic (exact) mass is 226 g/mol. The Hall–Kier alpha value is -1.70. The van der Waals surface area contributed by atoms with Crippen LogP contribution in [0.5, 0.6) is 0 Å². The number of aliphatic carboxylic acids is 1. The van der Waals surface area contributed by atoms with Gasteiger partial charge < -0.3 is 15.7 Å². The Bertz CT molecular complexity index is 283. The van der Waals surface area contributed by atoms with Crippen LogP contribution in [-0.2, 0) is 4.79 Å². The summed E-state index contributed by atoms with van der Waals surface area (Å²) >= 11 is 0. The first-order valence-electron chi connectivity index (χ1n) is 5.23. The van der Waals surface area contributed by atoms with Gasteiger partial charge in [-0.25, -0.2) is 9.59 Å². The standard InChI is InChI=1S/C11H18N2O3/c1-4-6-7-12-11(16)13-9(10(14)15)8(3)5-2/h1,8-9H,5-7H2,2-3H3,(H,14,15)(H2,12,13,16)/t8?,9-/m0/s1. The summed E-state index contributed by atoms with van der Waals surface area (Å²) in [7, 11) is 0. The highest BCUT2D eigenvalue weighted by molar-refractivity contribution is 5.82. The number of carboxylic acids is 1. The zero-order valence-corrected chi connectivity index (χ0v) is 9.62. The maximum atomic E-state index is 11.3. The highest BCUT2D eigenvalue weighted by atomic mass is 16.4. The summed E-state index contributed by atoms with van der Waals surface area (Å²) in [5.41, 5.74) is 0. The van der Waals surface area contributed by atoms with E-state index in [1.165, 1.54) is 0 Å². The largest absolute Gasteiger partial charge is 0.480 e. The lowest BCUT2D eigenvalue weighted by Crippen LogP contribution is -2.49. The van der Waals surface area contributed by atoms with Gasteiger partial charge in [-0.05, 0) is 5.92 Å². The number of hydrogen-bond acceptors (Lipinski definition) is 2. The molecule has 0 fully saturated rings. The summed E-state index contributed by atoms with van der Waals surface area (Å²) in [6.45, 7) is 3.99. The highest BCUT2D eigenvalue weighted by Gasteiger charge is 2.24. The van der Waals surface area contributed by atoms with Crippen molar-refractivity contribution in [2.45, 2.75) is 32.7 Å². The van der Waals surface area contributed by atoms with E-state index in [9.17, 15) is 9.59 Å². The second kappa shape index (κ2) is 7.57. The number of urea groups is 1. The molecule has 0 aliphatic rings. The van der Waals surface area contributed by atoms with Crippen LogP contribution in [0.3, 0.4) is 0 Å². The molecule has 0 heterocycles. The SMILES string of the molecule is C#CCCNC(=O)N[C@H](C(=O)O)C(C)CC. The molecular weight excluding hydrogens is 208 g/mol. The highest BCUT2D eigenvalue weighted by Crippen LogP contribution is 2.07. The van der Waals surface area contributed by atoms with Crippen molar-refractivity contribution in [3.05, 3.63) is 0 Å². The van der Waals surface area contributed by atoms with Gasteiger partial charge in [0.15, 0.2) is 0 Å². The maximum Gasteiger partial charge on any atom is 0.326 e. The van der Waals surface area contributed by atoms with Gasteiger partial charge in [0.25, 0.3) is 0 Å². The number of hydrogen-bond donors (Lipinski definition) is 3. The predicted molar refractivity (Wildman–Crippen MR) is 60.9 cm³/mol. The lowest BCUT2D eigenvalue weighted by molar-refractivity contribution is -0.140. The van der Waals surface area contributed by atoms with Gasteiger partial charge in [-0.15, -0.1) is 12.3 Å². The molecule has 0 aromatic rings. The Morgan fingerprint density at radius 2 is 2.12 bits per heavy atom. The molecular formula is C11H18N2O3. The van der Waals surface area contributed by atoms with Crippen LogP contribution in [0.1, 0.15) is 26.7 Å². The van der Waals surface area contributed by atoms with Crippen LogP contribution in [0.15, 0.2) is 0 Å². The van der Waals surface area contributed by atoms with E-state index in [2.05, 4.69) is 16.6 Å². The van der Waals surface area contributed by atoms with E-state index in [-0.39, 0.29) is 5.92 Å². The van der Waals surface area contributed by atoms with E-state index in [1.54, 1.807) is 6.92 Å². The van der Waals surface area contributed by atoms with Gasteiger partial charge >= 0.3 is 12.0 Å². The normalized spacial score (nSPS) is 13.3. The average molecular weight is 226 g/mol. The zero-order valence-electron chi connectivity index (χ0n) is 9.62. The van der Waals surface area contributed by atoms with Crippen molar-refractivity contribution in [3.63, 3.8) is 0 Å². The van der Waals surface area contributed by atoms with Crippen molar-refractivity contribution in [2.75, 3.05) is 6.54 Å². The number of carbonyl (C=O) groups excluding carboxylic acids is 1. The summed E-state index contributed by atoms with van der Waals surface area (Å²) in [5.74, 6) is 1.23. The minimum atomic E-state index is -1.03. The van der Waals surface area contributed by atoms with Crippen molar-refractivity contribution < 1.29 is 14.7 Å². The van der Waals surface area contributed by atoms with Gasteiger partial charge in [-0.1, -0.05) is 20.3 Å². The van der Waals surface area contributed by atoms with Crippen molar-refractivity contribution in [3.8, 4) is 12.3 Å². The third kappa shape index (κ3) is 5.25. The minimum Gasteiger partial charge on any atom is -0.480 e. The molecule has 0 radical (unpaired) electrons. The van der Waals surface area contributed by atoms with Gasteiger partial charge in [-0.3, -0.25) is 0 Å². The molecule has 0 rings (SSSR count). The van der Waals surface area contributed by atoms with Gasteiger partial charge in [0.05, 0.1) is 0 Å². The molecule has 0 aromatic carbocycles. The Balaban J connectivity index is 4.15. The lowest BCUT2D eigenvalue weighted by Gasteiger charge is -2.20. The van der Waals surface area contributed by atoms with E-state index in [0.717, 1.165) is 0 Å². The molecule has 0 aliphatic heterocycles. The third-order valence-corrected chi connectivity index (χ3v) is 2.32. The number of amides is 2. The Morgan fingerprint density at radius 3 is 2.56 bits per heavy atom. The van der Waals surface area contributed by atoms with Crippen LogP contribution in [-0.4, -0.2) is 29.7 Å². The smallest absolute Gasteiger partial charge is 0.326 e. The molecule has 0 saturated carbocycles. The summed E-state index contributed by atoms with van der Waals surface area (Å²) in [6, 6.07) is -1.36. The molecule has 5 nitrogen and oxygen atoms in total. The van der Waals surface area contributed by atoms with Gasteiger partial charge in [-0.2, -0.15) is 0 Å². The number of carbonyl (C=O) groups is 2. The number of rotatable bonds is 6. The second-order valence-electron chi connectivity index (χ2n) is 3.56. The van der Waals surface area contributed by atoms with E-state index in [4.69, 9.17) is 11.5 Å². The van der Waals surface area contributed by atoms with Crippen LogP contribution in [0, 0.1) is 18.3 Å². The number of terminal acetylenes is 1. The molecule has 90 valence electrons. The van der Waals surface area contributed by atoms with E-state index in [0.29, 0.717) is 19.4 Å². The van der Waals surface area contributed by atoms with Crippen molar-refractivity contribution >= 4 is 12.0 Å². The molecule has 1 unspecified atom stereocenters. The molecule has 0 aliphatic carbocycles. The van der Waals surface area contributed by atoms with Crippen molar-refractivity contribution in [1.29, 1.82) is 0 Å². The summed E-state index contributed by atoms with van der Waals surface area (Å²) in [5, 5.41) is 13.8. The van der Waals surface area contributed by atoms with E-state index < -0.39 is 18.0 Å². The average Bonchev–Trinajstić information content (AvgIpc) is 2.25. The first-order valence-corrected chi connectivity index (χ1v) is 5.23. The Labute approximate surface area is 95.6 Å². The summed E-state index contributed by atoms with van der Waals surface area (Å²) in [6.07, 6.45) is 6.13. The first kappa shape index (κ1) is 14.3. The van der Waals surface area contributed by atoms with Gasteiger partial charge in [0.2, 0.25) is 0 Å². The van der Waals surface area contributed by atoms with Crippen molar-refractivity contribution in [2.24, 2.45) is 5.92 Å². The van der Waals surface area contributed by atoms with Gasteiger partial charge in [0, 0.05) is 13.0 Å². The van der Waals surface area contributed by atoms with Crippen molar-refractivity contribution in [1.82, 2.24) is 10.6 Å². The minimum absolute atomic E-state index is 0.115. The molecule has 3 N–H and O–H groups in total. The molecule has 2 amide bonds. The maximum absolute atomic E-state index is 11.3. The summed E-state index contributed by atoms with van der Waals surface area (Å²) < 4.78 is 0. The van der Waals surface area contributed by atoms with Crippen LogP contribution in [0.4, 0.5) is 4.79 Å². The van der Waals surface area contributed by atoms with Crippen LogP contribution < -0.4 is 10.6 Å². The first-order chi connectivity index (χ1) is 7.52. The molecule has 0 bridgehead atoms. The Morgan fingerprint density at radius 1 is 1.50 bits per heavy atom. The molecule has 2 atom stereocenters. The topological polar surface area (TPSA) is 78.4 Å². The molecule has 5 heteroatoms. The fraction of sp³-hybridized carbons (Fsp3) is 0.636. The molecule has 0 spiro atoms. The fourth-order valence-corrected chi connectivity index (χ4v) is 1.12. The van der Waals surface area contributed by atoms with Gasteiger partial charge in [0.1, 0.15) is 6.04 Å². The van der Waals surface area contributed by atoms with E-state index >= 15 is 0 Å². The van der Waals surface area contributed by atoms with Crippen LogP contribution >= 0.6 is 0 Å². The lowest BCUT2D eigenvalue weighted by atomic mass is 9.99. The Kier molecular flexibility index (Phi) is 6.77. The predicted octanol–water partition coefficient (Wildman–Crippen LogP) is 0.808. The number of nitrogens with one attached hydrogen (secondary N) is 2. The second-order valence-corrected chi connectivity index (χ2v) is 3.56.